The standard InChI is InChI=1S/C14H20OS/c1-2-16-12-8-9-14(15)13(10-12)11-6-4-3-5-7-11/h8-11,15H,2-7H2,1H3. The van der Waals surface area contributed by atoms with Gasteiger partial charge in [-0.15, -0.1) is 11.8 Å². The molecule has 88 valence electrons. The first-order valence-corrected chi connectivity index (χ1v) is 7.25. The molecule has 1 saturated carbocycles. The highest BCUT2D eigenvalue weighted by atomic mass is 32.2. The maximum atomic E-state index is 9.95. The summed E-state index contributed by atoms with van der Waals surface area (Å²) < 4.78 is 0. The average molecular weight is 236 g/mol. The Morgan fingerprint density at radius 1 is 1.25 bits per heavy atom. The first-order chi connectivity index (χ1) is 7.81. The van der Waals surface area contributed by atoms with Crippen LogP contribution in [0.2, 0.25) is 0 Å². The third-order valence-corrected chi connectivity index (χ3v) is 4.23. The van der Waals surface area contributed by atoms with Crippen LogP contribution < -0.4 is 0 Å². The molecule has 0 unspecified atom stereocenters. The van der Waals surface area contributed by atoms with Gasteiger partial charge in [-0.1, -0.05) is 26.2 Å². The summed E-state index contributed by atoms with van der Waals surface area (Å²) in [6.45, 7) is 2.16. The van der Waals surface area contributed by atoms with Crippen LogP contribution in [0.25, 0.3) is 0 Å². The van der Waals surface area contributed by atoms with Crippen molar-refractivity contribution in [3.63, 3.8) is 0 Å². The molecule has 0 atom stereocenters. The van der Waals surface area contributed by atoms with Gasteiger partial charge in [0.2, 0.25) is 0 Å². The Labute approximate surface area is 102 Å². The van der Waals surface area contributed by atoms with Gasteiger partial charge >= 0.3 is 0 Å². The molecule has 0 spiro atoms. The minimum Gasteiger partial charge on any atom is -0.508 e. The number of thioether (sulfide) groups is 1. The SMILES string of the molecule is CCSc1ccc(O)c(C2CCCCC2)c1. The second kappa shape index (κ2) is 5.62. The van der Waals surface area contributed by atoms with E-state index in [2.05, 4.69) is 13.0 Å². The van der Waals surface area contributed by atoms with Gasteiger partial charge in [0.15, 0.2) is 0 Å². The molecule has 0 bridgehead atoms. The van der Waals surface area contributed by atoms with Gasteiger partial charge in [0.1, 0.15) is 5.75 Å². The molecule has 0 aromatic heterocycles. The number of benzene rings is 1. The Balaban J connectivity index is 2.19. The number of phenols is 1. The van der Waals surface area contributed by atoms with Crippen molar-refractivity contribution < 1.29 is 5.11 Å². The van der Waals surface area contributed by atoms with E-state index in [0.717, 1.165) is 5.75 Å². The van der Waals surface area contributed by atoms with Gasteiger partial charge in [0.05, 0.1) is 0 Å². The summed E-state index contributed by atoms with van der Waals surface area (Å²) in [5.41, 5.74) is 1.18. The molecule has 2 rings (SSSR count). The highest BCUT2D eigenvalue weighted by Crippen LogP contribution is 2.38. The Bertz CT molecular complexity index is 343. The molecule has 0 aliphatic heterocycles. The fraction of sp³-hybridized carbons (Fsp3) is 0.571. The third-order valence-electron chi connectivity index (χ3n) is 3.35. The smallest absolute Gasteiger partial charge is 0.119 e. The lowest BCUT2D eigenvalue weighted by molar-refractivity contribution is 0.413. The van der Waals surface area contributed by atoms with Crippen molar-refractivity contribution in [3.05, 3.63) is 23.8 Å². The van der Waals surface area contributed by atoms with Crippen molar-refractivity contribution in [1.82, 2.24) is 0 Å². The number of hydrogen-bond donors (Lipinski definition) is 1. The van der Waals surface area contributed by atoms with Crippen molar-refractivity contribution >= 4 is 11.8 Å². The van der Waals surface area contributed by atoms with E-state index in [-0.39, 0.29) is 0 Å². The van der Waals surface area contributed by atoms with Crippen LogP contribution in [0.15, 0.2) is 23.1 Å². The zero-order valence-electron chi connectivity index (χ0n) is 9.91. The fourth-order valence-electron chi connectivity index (χ4n) is 2.53. The van der Waals surface area contributed by atoms with Crippen LogP contribution in [0, 0.1) is 0 Å². The van der Waals surface area contributed by atoms with E-state index in [4.69, 9.17) is 0 Å². The summed E-state index contributed by atoms with van der Waals surface area (Å²) in [4.78, 5) is 1.29. The highest BCUT2D eigenvalue weighted by Gasteiger charge is 2.18. The average Bonchev–Trinajstić information content (AvgIpc) is 2.33. The number of aromatic hydroxyl groups is 1. The predicted octanol–water partition coefficient (Wildman–Crippen LogP) is 4.55. The maximum Gasteiger partial charge on any atom is 0.119 e. The molecule has 2 heteroatoms. The summed E-state index contributed by atoms with van der Waals surface area (Å²) in [5, 5.41) is 9.95. The normalized spacial score (nSPS) is 17.6. The topological polar surface area (TPSA) is 20.2 Å². The monoisotopic (exact) mass is 236 g/mol. The lowest BCUT2D eigenvalue weighted by Crippen LogP contribution is -2.04. The van der Waals surface area contributed by atoms with E-state index >= 15 is 0 Å². The lowest BCUT2D eigenvalue weighted by Gasteiger charge is -2.23. The molecule has 16 heavy (non-hydrogen) atoms. The van der Waals surface area contributed by atoms with Crippen LogP contribution in [0.1, 0.15) is 50.5 Å². The molecule has 1 aliphatic rings. The van der Waals surface area contributed by atoms with Gasteiger partial charge in [-0.3, -0.25) is 0 Å². The summed E-state index contributed by atoms with van der Waals surface area (Å²) >= 11 is 1.85. The van der Waals surface area contributed by atoms with Crippen molar-refractivity contribution in [2.75, 3.05) is 5.75 Å². The molecule has 1 aromatic rings. The van der Waals surface area contributed by atoms with Gasteiger partial charge in [-0.05, 0) is 48.3 Å². The Morgan fingerprint density at radius 3 is 2.69 bits per heavy atom. The summed E-state index contributed by atoms with van der Waals surface area (Å²) in [6, 6.07) is 6.08. The van der Waals surface area contributed by atoms with Crippen LogP contribution in [0.5, 0.6) is 5.75 Å². The molecular formula is C14H20OS. The maximum absolute atomic E-state index is 9.95. The minimum atomic E-state index is 0.493. The zero-order valence-corrected chi connectivity index (χ0v) is 10.7. The van der Waals surface area contributed by atoms with Gasteiger partial charge in [0.25, 0.3) is 0 Å². The van der Waals surface area contributed by atoms with Gasteiger partial charge in [-0.2, -0.15) is 0 Å². The van der Waals surface area contributed by atoms with Crippen molar-refractivity contribution in [2.45, 2.75) is 49.8 Å². The van der Waals surface area contributed by atoms with Crippen LogP contribution in [0.3, 0.4) is 0 Å². The first-order valence-electron chi connectivity index (χ1n) is 6.27. The van der Waals surface area contributed by atoms with E-state index in [1.807, 2.05) is 23.9 Å². The zero-order chi connectivity index (χ0) is 11.4. The number of hydrogen-bond acceptors (Lipinski definition) is 2. The fourth-order valence-corrected chi connectivity index (χ4v) is 3.24. The minimum absolute atomic E-state index is 0.493. The van der Waals surface area contributed by atoms with E-state index in [9.17, 15) is 5.11 Å². The van der Waals surface area contributed by atoms with Gasteiger partial charge in [0, 0.05) is 4.90 Å². The molecule has 1 aliphatic carbocycles. The van der Waals surface area contributed by atoms with E-state index < -0.39 is 0 Å². The largest absolute Gasteiger partial charge is 0.508 e. The van der Waals surface area contributed by atoms with Crippen molar-refractivity contribution in [3.8, 4) is 5.75 Å². The molecule has 0 heterocycles. The predicted molar refractivity (Wildman–Crippen MR) is 70.3 cm³/mol. The lowest BCUT2D eigenvalue weighted by atomic mass is 9.84. The first kappa shape index (κ1) is 11.8. The third kappa shape index (κ3) is 2.73. The molecule has 1 aromatic carbocycles. The molecular weight excluding hydrogens is 216 g/mol. The Kier molecular flexibility index (Phi) is 4.16. The summed E-state index contributed by atoms with van der Waals surface area (Å²) in [7, 11) is 0. The molecule has 1 nitrogen and oxygen atoms in total. The summed E-state index contributed by atoms with van der Waals surface area (Å²) in [5.74, 6) is 2.17. The summed E-state index contributed by atoms with van der Waals surface area (Å²) in [6.07, 6.45) is 6.48. The Morgan fingerprint density at radius 2 is 2.00 bits per heavy atom. The van der Waals surface area contributed by atoms with Crippen LogP contribution in [-0.4, -0.2) is 10.9 Å². The number of rotatable bonds is 3. The van der Waals surface area contributed by atoms with Crippen LogP contribution >= 0.6 is 11.8 Å². The second-order valence-electron chi connectivity index (χ2n) is 4.49. The van der Waals surface area contributed by atoms with Crippen molar-refractivity contribution in [1.29, 1.82) is 0 Å². The molecule has 1 N–H and O–H groups in total. The van der Waals surface area contributed by atoms with E-state index in [0.29, 0.717) is 11.7 Å². The van der Waals surface area contributed by atoms with E-state index in [1.165, 1.54) is 42.6 Å². The quantitative estimate of drug-likeness (QED) is 0.777. The number of phenolic OH excluding ortho intramolecular Hbond substituents is 1. The van der Waals surface area contributed by atoms with Gasteiger partial charge in [-0.25, -0.2) is 0 Å². The molecule has 0 radical (unpaired) electrons. The second-order valence-corrected chi connectivity index (χ2v) is 5.83. The van der Waals surface area contributed by atoms with Crippen LogP contribution in [0.4, 0.5) is 0 Å². The molecule has 1 fully saturated rings. The van der Waals surface area contributed by atoms with Crippen molar-refractivity contribution in [2.24, 2.45) is 0 Å². The molecule has 0 saturated heterocycles. The van der Waals surface area contributed by atoms with E-state index in [1.54, 1.807) is 0 Å². The van der Waals surface area contributed by atoms with Gasteiger partial charge < -0.3 is 5.11 Å². The van der Waals surface area contributed by atoms with Crippen LogP contribution in [-0.2, 0) is 0 Å². The Hall–Kier alpha value is -0.630. The molecule has 0 amide bonds. The highest BCUT2D eigenvalue weighted by molar-refractivity contribution is 7.99.